The molecule has 0 bridgehead atoms. The van der Waals surface area contributed by atoms with Crippen LogP contribution in [0.4, 0.5) is 10.8 Å². The molecule has 4 aromatic heterocycles. The Labute approximate surface area is 264 Å². The monoisotopic (exact) mass is 630 g/mol. The molecular weight excluding hydrogens is 592 g/mol. The fraction of sp³-hybridized carbons (Fsp3) is 0.467. The van der Waals surface area contributed by atoms with Crippen molar-refractivity contribution in [1.29, 1.82) is 5.26 Å². The number of nitrogens with zero attached hydrogens (tertiary/aromatic N) is 8. The first kappa shape index (κ1) is 30.5. The molecule has 14 nitrogen and oxygen atoms in total. The number of amides is 1. The van der Waals surface area contributed by atoms with E-state index in [9.17, 15) is 10.1 Å². The van der Waals surface area contributed by atoms with Gasteiger partial charge >= 0.3 is 0 Å². The highest BCUT2D eigenvalue weighted by atomic mass is 32.1. The SMILES string of the molecule is CCCc1sc(N)c(C#N)c1C1CCCc2c(-c3nc(N(N)/C=C(\N)C(=O)NC)c4cnn(CC5CCCN5C)c4n3)noc21. The zero-order valence-corrected chi connectivity index (χ0v) is 26.5. The van der Waals surface area contributed by atoms with Crippen molar-refractivity contribution >= 4 is 39.1 Å². The van der Waals surface area contributed by atoms with E-state index in [-0.39, 0.29) is 11.6 Å². The number of likely N-dealkylation sites (tertiary alicyclic amines) is 1. The summed E-state index contributed by atoms with van der Waals surface area (Å²) >= 11 is 1.48. The summed E-state index contributed by atoms with van der Waals surface area (Å²) in [5.41, 5.74) is 15.7. The Balaban J connectivity index is 1.48. The molecule has 2 aliphatic rings. The minimum Gasteiger partial charge on any atom is -0.393 e. The molecule has 0 aromatic carbocycles. The highest BCUT2D eigenvalue weighted by molar-refractivity contribution is 7.16. The maximum Gasteiger partial charge on any atom is 0.268 e. The van der Waals surface area contributed by atoms with E-state index in [0.29, 0.717) is 63.7 Å². The topological polar surface area (TPSA) is 207 Å². The minimum atomic E-state index is -0.471. The van der Waals surface area contributed by atoms with Crippen LogP contribution in [0.1, 0.15) is 72.3 Å². The third-order valence-corrected chi connectivity index (χ3v) is 9.89. The molecule has 1 fully saturated rings. The third-order valence-electron chi connectivity index (χ3n) is 8.80. The number of likely N-dealkylation sites (N-methyl/N-ethyl adjacent to an activating group) is 2. The van der Waals surface area contributed by atoms with Gasteiger partial charge in [-0.05, 0) is 57.7 Å². The average molecular weight is 631 g/mol. The molecule has 1 aliphatic carbocycles. The van der Waals surface area contributed by atoms with Gasteiger partial charge in [-0.3, -0.25) is 9.80 Å². The van der Waals surface area contributed by atoms with Gasteiger partial charge < -0.3 is 26.2 Å². The summed E-state index contributed by atoms with van der Waals surface area (Å²) in [6, 6.07) is 2.65. The minimum absolute atomic E-state index is 0.0823. The van der Waals surface area contributed by atoms with E-state index in [1.54, 1.807) is 6.20 Å². The number of aryl methyl sites for hydroxylation is 1. The summed E-state index contributed by atoms with van der Waals surface area (Å²) in [7, 11) is 3.61. The Morgan fingerprint density at radius 2 is 2.16 bits per heavy atom. The van der Waals surface area contributed by atoms with Crippen molar-refractivity contribution < 1.29 is 9.32 Å². The summed E-state index contributed by atoms with van der Waals surface area (Å²) in [6.45, 7) is 3.79. The van der Waals surface area contributed by atoms with Crippen molar-refractivity contribution in [2.45, 2.75) is 70.4 Å². The van der Waals surface area contributed by atoms with Crippen molar-refractivity contribution in [2.75, 3.05) is 31.4 Å². The van der Waals surface area contributed by atoms with Crippen molar-refractivity contribution in [3.63, 3.8) is 0 Å². The van der Waals surface area contributed by atoms with Gasteiger partial charge in [0.1, 0.15) is 22.5 Å². The molecule has 0 radical (unpaired) electrons. The molecule has 7 N–H and O–H groups in total. The summed E-state index contributed by atoms with van der Waals surface area (Å²) in [4.78, 5) is 25.4. The van der Waals surface area contributed by atoms with Gasteiger partial charge in [0.2, 0.25) is 0 Å². The van der Waals surface area contributed by atoms with Crippen molar-refractivity contribution in [3.05, 3.63) is 45.4 Å². The standard InChI is InChI=1S/C30H38N12O2S/c1-4-7-22-23(19(12-31)26(33)45-22)17-9-5-10-18-24(39-44-25(17)18)27-37-28(41(34)15-21(32)30(43)35-2)20-13-36-42(29(20)38-27)14-16-8-6-11-40(16)3/h13,15-17H,4-11,14,32-34H2,1-3H3,(H,35,43)/b21-15-. The number of nitrogens with one attached hydrogen (secondary N) is 1. The number of carbonyl (C=O) groups excluding carboxylic acids is 1. The fourth-order valence-electron chi connectivity index (χ4n) is 6.51. The second-order valence-corrected chi connectivity index (χ2v) is 12.8. The van der Waals surface area contributed by atoms with Crippen LogP contribution >= 0.6 is 11.3 Å². The van der Waals surface area contributed by atoms with Gasteiger partial charge in [-0.25, -0.2) is 20.5 Å². The van der Waals surface area contributed by atoms with E-state index in [1.807, 2.05) is 4.68 Å². The van der Waals surface area contributed by atoms with Crippen LogP contribution in [0.25, 0.3) is 22.6 Å². The van der Waals surface area contributed by atoms with Crippen LogP contribution in [0.15, 0.2) is 22.6 Å². The summed E-state index contributed by atoms with van der Waals surface area (Å²) < 4.78 is 7.94. The van der Waals surface area contributed by atoms with Crippen LogP contribution in [0, 0.1) is 11.3 Å². The molecule has 15 heteroatoms. The summed E-state index contributed by atoms with van der Waals surface area (Å²) in [5, 5.41) is 24.0. The van der Waals surface area contributed by atoms with Crippen LogP contribution in [0.3, 0.4) is 0 Å². The van der Waals surface area contributed by atoms with Crippen molar-refractivity contribution in [2.24, 2.45) is 11.6 Å². The molecule has 0 saturated carbocycles. The second kappa shape index (κ2) is 12.5. The summed E-state index contributed by atoms with van der Waals surface area (Å²) in [6.07, 6.45) is 9.36. The van der Waals surface area contributed by atoms with E-state index in [0.717, 1.165) is 61.1 Å². The first-order chi connectivity index (χ1) is 21.7. The predicted molar refractivity (Wildman–Crippen MR) is 172 cm³/mol. The maximum absolute atomic E-state index is 12.2. The average Bonchev–Trinajstić information content (AvgIpc) is 3.82. The Morgan fingerprint density at radius 3 is 2.87 bits per heavy atom. The van der Waals surface area contributed by atoms with Gasteiger partial charge in [0.05, 0.1) is 29.9 Å². The number of nitrogens with two attached hydrogens (primary N) is 3. The molecule has 45 heavy (non-hydrogen) atoms. The normalized spacial score (nSPS) is 18.7. The number of hydrogen-bond acceptors (Lipinski definition) is 13. The first-order valence-corrected chi connectivity index (χ1v) is 16.0. The van der Waals surface area contributed by atoms with Gasteiger partial charge in [-0.15, -0.1) is 11.3 Å². The third kappa shape index (κ3) is 5.49. The number of anilines is 2. The molecule has 6 rings (SSSR count). The zero-order chi connectivity index (χ0) is 31.8. The highest BCUT2D eigenvalue weighted by Gasteiger charge is 2.35. The van der Waals surface area contributed by atoms with E-state index < -0.39 is 5.91 Å². The van der Waals surface area contributed by atoms with Crippen molar-refractivity contribution in [3.8, 4) is 17.6 Å². The van der Waals surface area contributed by atoms with E-state index in [1.165, 1.54) is 29.6 Å². The number of hydrogen-bond donors (Lipinski definition) is 4. The summed E-state index contributed by atoms with van der Waals surface area (Å²) in [5.74, 6) is 7.20. The van der Waals surface area contributed by atoms with Crippen LogP contribution in [0.2, 0.25) is 0 Å². The maximum atomic E-state index is 12.2. The van der Waals surface area contributed by atoms with Gasteiger partial charge in [0, 0.05) is 29.4 Å². The van der Waals surface area contributed by atoms with E-state index >= 15 is 0 Å². The number of nitriles is 1. The largest absolute Gasteiger partial charge is 0.393 e. The lowest BCUT2D eigenvalue weighted by Gasteiger charge is -2.22. The molecule has 236 valence electrons. The van der Waals surface area contributed by atoms with Crippen LogP contribution in [-0.4, -0.2) is 62.4 Å². The second-order valence-electron chi connectivity index (χ2n) is 11.6. The Bertz CT molecular complexity index is 1810. The predicted octanol–water partition coefficient (Wildman–Crippen LogP) is 2.74. The molecule has 5 heterocycles. The van der Waals surface area contributed by atoms with Gasteiger partial charge in [-0.1, -0.05) is 18.5 Å². The molecular formula is C30H38N12O2S. The lowest BCUT2D eigenvalue weighted by atomic mass is 9.81. The van der Waals surface area contributed by atoms with Gasteiger partial charge in [0.15, 0.2) is 23.0 Å². The molecule has 4 aromatic rings. The van der Waals surface area contributed by atoms with Crippen LogP contribution < -0.4 is 27.6 Å². The lowest BCUT2D eigenvalue weighted by Crippen LogP contribution is -2.32. The highest BCUT2D eigenvalue weighted by Crippen LogP contribution is 2.46. The molecule has 1 amide bonds. The first-order valence-electron chi connectivity index (χ1n) is 15.2. The number of carbonyl (C=O) groups is 1. The van der Waals surface area contributed by atoms with Gasteiger partial charge in [0.25, 0.3) is 5.91 Å². The molecule has 2 atom stereocenters. The molecule has 1 saturated heterocycles. The van der Waals surface area contributed by atoms with Crippen LogP contribution in [0.5, 0.6) is 0 Å². The molecule has 2 unspecified atom stereocenters. The molecule has 0 spiro atoms. The smallest absolute Gasteiger partial charge is 0.268 e. The van der Waals surface area contributed by atoms with Gasteiger partial charge in [-0.2, -0.15) is 10.4 Å². The number of aromatic nitrogens is 5. The number of rotatable bonds is 9. The zero-order valence-electron chi connectivity index (χ0n) is 25.7. The number of thiophene rings is 1. The number of hydrazine groups is 1. The Kier molecular flexibility index (Phi) is 8.45. The Hall–Kier alpha value is -4.52. The van der Waals surface area contributed by atoms with E-state index in [2.05, 4.69) is 40.5 Å². The Morgan fingerprint density at radius 1 is 1.33 bits per heavy atom. The molecule has 1 aliphatic heterocycles. The fourth-order valence-corrected chi connectivity index (χ4v) is 7.69. The number of fused-ring (bicyclic) bond motifs is 2. The number of nitrogen functional groups attached to an aromatic ring is 1. The lowest BCUT2D eigenvalue weighted by molar-refractivity contribution is -0.117. The van der Waals surface area contributed by atoms with Crippen molar-refractivity contribution in [1.82, 2.24) is 35.1 Å². The van der Waals surface area contributed by atoms with E-state index in [4.69, 9.17) is 31.8 Å². The van der Waals surface area contributed by atoms with Crippen LogP contribution in [-0.2, 0) is 24.2 Å². The quantitative estimate of drug-likeness (QED) is 0.120.